The van der Waals surface area contributed by atoms with Gasteiger partial charge in [0.1, 0.15) is 0 Å². The van der Waals surface area contributed by atoms with Crippen LogP contribution in [0.4, 0.5) is 0 Å². The van der Waals surface area contributed by atoms with Crippen molar-refractivity contribution < 1.29 is 0 Å². The lowest BCUT2D eigenvalue weighted by Crippen LogP contribution is -1.98. The van der Waals surface area contributed by atoms with Gasteiger partial charge >= 0.3 is 0 Å². The van der Waals surface area contributed by atoms with E-state index in [2.05, 4.69) is 20.4 Å². The summed E-state index contributed by atoms with van der Waals surface area (Å²) in [6.07, 6.45) is 2.49. The number of hydrogen-bond donors (Lipinski definition) is 0. The molecule has 8 heteroatoms. The Hall–Kier alpha value is -2.25. The Labute approximate surface area is 141 Å². The first-order valence-corrected chi connectivity index (χ1v) is 8.26. The normalized spacial score (nSPS) is 11.4. The molecule has 6 nitrogen and oxygen atoms in total. The first kappa shape index (κ1) is 14.3. The van der Waals surface area contributed by atoms with Crippen LogP contribution in [0.1, 0.15) is 17.1 Å². The summed E-state index contributed by atoms with van der Waals surface area (Å²) in [4.78, 5) is 0.784. The Bertz CT molecular complexity index is 981. The first-order valence-electron chi connectivity index (χ1n) is 7.06. The molecule has 0 bridgehead atoms. The molecule has 0 amide bonds. The van der Waals surface area contributed by atoms with Crippen LogP contribution in [-0.2, 0) is 13.5 Å². The van der Waals surface area contributed by atoms with Gasteiger partial charge in [-0.15, -0.1) is 10.2 Å². The van der Waals surface area contributed by atoms with E-state index in [0.29, 0.717) is 6.42 Å². The van der Waals surface area contributed by atoms with Crippen molar-refractivity contribution in [3.8, 4) is 10.6 Å². The molecule has 4 rings (SSSR count). The minimum atomic E-state index is 0.660. The van der Waals surface area contributed by atoms with Crippen molar-refractivity contribution in [1.29, 1.82) is 0 Å². The van der Waals surface area contributed by atoms with E-state index in [0.717, 1.165) is 37.6 Å². The molecule has 3 aromatic heterocycles. The lowest BCUT2D eigenvalue weighted by molar-refractivity contribution is 0.740. The molecule has 116 valence electrons. The zero-order valence-corrected chi connectivity index (χ0v) is 14.1. The predicted octanol–water partition coefficient (Wildman–Crippen LogP) is 3.14. The lowest BCUT2D eigenvalue weighted by Gasteiger charge is -1.99. The van der Waals surface area contributed by atoms with Gasteiger partial charge < -0.3 is 0 Å². The summed E-state index contributed by atoms with van der Waals surface area (Å²) in [5.41, 5.74) is 3.23. The topological polar surface area (TPSA) is 60.9 Å². The molecule has 0 aliphatic heterocycles. The molecule has 0 fully saturated rings. The van der Waals surface area contributed by atoms with E-state index in [9.17, 15) is 0 Å². The third-order valence-electron chi connectivity index (χ3n) is 3.80. The summed E-state index contributed by atoms with van der Waals surface area (Å²) in [5, 5.41) is 19.0. The number of rotatable bonds is 3. The molecule has 0 atom stereocenters. The summed E-state index contributed by atoms with van der Waals surface area (Å²) in [7, 11) is 1.92. The van der Waals surface area contributed by atoms with E-state index in [4.69, 9.17) is 11.6 Å². The van der Waals surface area contributed by atoms with Gasteiger partial charge in [0.25, 0.3) is 0 Å². The van der Waals surface area contributed by atoms with Gasteiger partial charge in [-0.3, -0.25) is 4.68 Å². The number of halogens is 1. The van der Waals surface area contributed by atoms with Gasteiger partial charge in [0, 0.05) is 24.2 Å². The molecule has 1 aromatic carbocycles. The van der Waals surface area contributed by atoms with Crippen LogP contribution in [0, 0.1) is 6.92 Å². The van der Waals surface area contributed by atoms with Crippen molar-refractivity contribution in [3.05, 3.63) is 52.6 Å². The predicted molar refractivity (Wildman–Crippen MR) is 89.9 cm³/mol. The van der Waals surface area contributed by atoms with Crippen molar-refractivity contribution in [1.82, 2.24) is 29.6 Å². The SMILES string of the molecule is Cc1c(-c2nn3c(Cc4ccc(Cl)cc4)nnc3s2)cnn1C. The van der Waals surface area contributed by atoms with Crippen LogP contribution < -0.4 is 0 Å². The third-order valence-corrected chi connectivity index (χ3v) is 4.98. The van der Waals surface area contributed by atoms with Crippen LogP contribution >= 0.6 is 22.9 Å². The monoisotopic (exact) mass is 344 g/mol. The minimum Gasteiger partial charge on any atom is -0.272 e. The van der Waals surface area contributed by atoms with E-state index in [1.807, 2.05) is 49.1 Å². The molecule has 0 aliphatic rings. The maximum absolute atomic E-state index is 5.92. The lowest BCUT2D eigenvalue weighted by atomic mass is 10.1. The largest absolute Gasteiger partial charge is 0.272 e. The Morgan fingerprint density at radius 2 is 1.96 bits per heavy atom. The second kappa shape index (κ2) is 5.43. The minimum absolute atomic E-state index is 0.660. The van der Waals surface area contributed by atoms with Crippen molar-refractivity contribution in [2.45, 2.75) is 13.3 Å². The van der Waals surface area contributed by atoms with Crippen molar-refractivity contribution in [2.75, 3.05) is 0 Å². The highest BCUT2D eigenvalue weighted by Gasteiger charge is 2.16. The van der Waals surface area contributed by atoms with Crippen LogP contribution in [-0.4, -0.2) is 29.6 Å². The Kier molecular flexibility index (Phi) is 3.39. The van der Waals surface area contributed by atoms with Gasteiger partial charge in [-0.05, 0) is 24.6 Å². The highest BCUT2D eigenvalue weighted by Crippen LogP contribution is 2.28. The first-order chi connectivity index (χ1) is 11.1. The zero-order valence-electron chi connectivity index (χ0n) is 12.6. The molecule has 3 heterocycles. The fraction of sp³-hybridized carbons (Fsp3) is 0.200. The summed E-state index contributed by atoms with van der Waals surface area (Å²) in [6.45, 7) is 2.03. The number of fused-ring (bicyclic) bond motifs is 1. The number of hydrogen-bond acceptors (Lipinski definition) is 5. The Balaban J connectivity index is 1.72. The van der Waals surface area contributed by atoms with E-state index < -0.39 is 0 Å². The van der Waals surface area contributed by atoms with Crippen molar-refractivity contribution in [3.63, 3.8) is 0 Å². The molecule has 23 heavy (non-hydrogen) atoms. The van der Waals surface area contributed by atoms with Gasteiger partial charge in [0.2, 0.25) is 4.96 Å². The average molecular weight is 345 g/mol. The fourth-order valence-electron chi connectivity index (χ4n) is 2.37. The summed E-state index contributed by atoms with van der Waals surface area (Å²) in [6, 6.07) is 7.73. The second-order valence-electron chi connectivity index (χ2n) is 5.29. The van der Waals surface area contributed by atoms with Crippen LogP contribution in [0.25, 0.3) is 15.5 Å². The van der Waals surface area contributed by atoms with E-state index in [1.54, 1.807) is 4.52 Å². The molecular weight excluding hydrogens is 332 g/mol. The Morgan fingerprint density at radius 3 is 2.65 bits per heavy atom. The van der Waals surface area contributed by atoms with Gasteiger partial charge in [-0.1, -0.05) is 35.1 Å². The smallest absolute Gasteiger partial charge is 0.234 e. The molecule has 0 N–H and O–H groups in total. The molecular formula is C15H13ClN6S. The molecule has 0 unspecified atom stereocenters. The average Bonchev–Trinajstić information content (AvgIpc) is 3.19. The molecule has 0 aliphatic carbocycles. The third kappa shape index (κ3) is 2.51. The van der Waals surface area contributed by atoms with E-state index in [1.165, 1.54) is 11.3 Å². The van der Waals surface area contributed by atoms with Gasteiger partial charge in [0.15, 0.2) is 10.8 Å². The quantitative estimate of drug-likeness (QED) is 0.573. The van der Waals surface area contributed by atoms with Crippen LogP contribution in [0.5, 0.6) is 0 Å². The molecule has 0 radical (unpaired) electrons. The standard InChI is InChI=1S/C15H13ClN6S/c1-9-12(8-17-21(9)2)14-20-22-13(18-19-15(22)23-14)7-10-3-5-11(16)6-4-10/h3-6,8H,7H2,1-2H3. The summed E-state index contributed by atoms with van der Waals surface area (Å²) < 4.78 is 3.65. The number of nitrogens with zero attached hydrogens (tertiary/aromatic N) is 6. The fourth-order valence-corrected chi connectivity index (χ4v) is 3.42. The molecule has 0 saturated heterocycles. The molecule has 4 aromatic rings. The number of aromatic nitrogens is 6. The van der Waals surface area contributed by atoms with Crippen LogP contribution in [0.15, 0.2) is 30.5 Å². The Morgan fingerprint density at radius 1 is 1.17 bits per heavy atom. The highest BCUT2D eigenvalue weighted by atomic mass is 35.5. The maximum atomic E-state index is 5.92. The van der Waals surface area contributed by atoms with Gasteiger partial charge in [0.05, 0.1) is 11.8 Å². The summed E-state index contributed by atoms with van der Waals surface area (Å²) in [5.74, 6) is 0.811. The molecule has 0 saturated carbocycles. The maximum Gasteiger partial charge on any atom is 0.234 e. The summed E-state index contributed by atoms with van der Waals surface area (Å²) >= 11 is 7.44. The van der Waals surface area contributed by atoms with Crippen LogP contribution in [0.2, 0.25) is 5.02 Å². The highest BCUT2D eigenvalue weighted by molar-refractivity contribution is 7.19. The zero-order chi connectivity index (χ0) is 16.0. The van der Waals surface area contributed by atoms with Gasteiger partial charge in [-0.2, -0.15) is 14.7 Å². The molecule has 0 spiro atoms. The van der Waals surface area contributed by atoms with E-state index >= 15 is 0 Å². The van der Waals surface area contributed by atoms with Crippen molar-refractivity contribution in [2.24, 2.45) is 7.05 Å². The van der Waals surface area contributed by atoms with E-state index in [-0.39, 0.29) is 0 Å². The second-order valence-corrected chi connectivity index (χ2v) is 6.68. The van der Waals surface area contributed by atoms with Crippen molar-refractivity contribution >= 4 is 27.9 Å². The number of aryl methyl sites for hydroxylation is 1. The number of benzene rings is 1. The van der Waals surface area contributed by atoms with Gasteiger partial charge in [-0.25, -0.2) is 0 Å². The van der Waals surface area contributed by atoms with Crippen LogP contribution in [0.3, 0.4) is 0 Å².